The van der Waals surface area contributed by atoms with Crippen molar-refractivity contribution in [3.8, 4) is 0 Å². The van der Waals surface area contributed by atoms with Gasteiger partial charge in [0.15, 0.2) is 6.61 Å². The summed E-state index contributed by atoms with van der Waals surface area (Å²) in [5, 5.41) is 2.98. The summed E-state index contributed by atoms with van der Waals surface area (Å²) in [5.41, 5.74) is 6.99. The molecule has 3 aromatic rings. The van der Waals surface area contributed by atoms with Crippen molar-refractivity contribution in [3.05, 3.63) is 75.0 Å². The normalized spacial score (nSPS) is 14.4. The van der Waals surface area contributed by atoms with E-state index in [1.807, 2.05) is 0 Å². The van der Waals surface area contributed by atoms with E-state index < -0.39 is 36.2 Å². The summed E-state index contributed by atoms with van der Waals surface area (Å²) in [6.07, 6.45) is 4.95. The molecule has 0 saturated heterocycles. The second-order valence-corrected chi connectivity index (χ2v) is 9.54. The maximum absolute atomic E-state index is 12.8. The van der Waals surface area contributed by atoms with Gasteiger partial charge in [-0.15, -0.1) is 11.3 Å². The fraction of sp³-hybridized carbons (Fsp3) is 0.240. The van der Waals surface area contributed by atoms with Gasteiger partial charge in [-0.05, 0) is 61.6 Å². The number of imide groups is 1. The van der Waals surface area contributed by atoms with E-state index >= 15 is 0 Å². The number of nitrogens with zero attached hydrogens (tertiary/aromatic N) is 1. The van der Waals surface area contributed by atoms with E-state index in [4.69, 9.17) is 14.9 Å². The molecular formula is C25H21N3O7S. The molecule has 1 aliphatic heterocycles. The van der Waals surface area contributed by atoms with Crippen LogP contribution in [-0.2, 0) is 28.9 Å². The average Bonchev–Trinajstić information content (AvgIpc) is 3.56. The van der Waals surface area contributed by atoms with Crippen molar-refractivity contribution in [1.29, 1.82) is 0 Å². The van der Waals surface area contributed by atoms with Crippen molar-refractivity contribution in [2.45, 2.75) is 32.2 Å². The molecule has 1 aromatic carbocycles. The fourth-order valence-electron chi connectivity index (χ4n) is 4.41. The molecule has 0 radical (unpaired) electrons. The van der Waals surface area contributed by atoms with Crippen molar-refractivity contribution in [3.63, 3.8) is 0 Å². The molecule has 10 nitrogen and oxygen atoms in total. The molecule has 2 aliphatic rings. The summed E-state index contributed by atoms with van der Waals surface area (Å²) < 4.78 is 10.3. The topological polar surface area (TPSA) is 149 Å². The molecule has 2 aromatic heterocycles. The summed E-state index contributed by atoms with van der Waals surface area (Å²) in [4.78, 5) is 64.4. The first-order valence-corrected chi connectivity index (χ1v) is 12.1. The third-order valence-electron chi connectivity index (χ3n) is 6.11. The first-order valence-electron chi connectivity index (χ1n) is 11.3. The SMILES string of the molecule is NC(=O)c1c(NC(=O)COC(=O)c2ccc3c(c2)C(=O)N(Cc2ccco2)C3=O)sc2c1CCCC2. The first kappa shape index (κ1) is 23.5. The highest BCUT2D eigenvalue weighted by Crippen LogP contribution is 2.37. The molecule has 36 heavy (non-hydrogen) atoms. The number of rotatable bonds is 7. The Bertz CT molecular complexity index is 1410. The van der Waals surface area contributed by atoms with Crippen molar-refractivity contribution in [2.24, 2.45) is 5.73 Å². The minimum absolute atomic E-state index is 0.0203. The summed E-state index contributed by atoms with van der Waals surface area (Å²) in [5.74, 6) is -2.67. The Hall–Kier alpha value is -4.25. The number of carbonyl (C=O) groups is 5. The molecule has 3 N–H and O–H groups in total. The van der Waals surface area contributed by atoms with E-state index in [0.717, 1.165) is 41.0 Å². The van der Waals surface area contributed by atoms with Gasteiger partial charge in [0.05, 0.1) is 35.1 Å². The smallest absolute Gasteiger partial charge is 0.338 e. The second-order valence-electron chi connectivity index (χ2n) is 8.44. The molecule has 1 aliphatic carbocycles. The molecular weight excluding hydrogens is 486 g/mol. The second kappa shape index (κ2) is 9.42. The minimum Gasteiger partial charge on any atom is -0.467 e. The predicted octanol–water partition coefficient (Wildman–Crippen LogP) is 2.91. The van der Waals surface area contributed by atoms with Crippen molar-refractivity contribution in [1.82, 2.24) is 4.90 Å². The number of furan rings is 1. The Morgan fingerprint density at radius 2 is 1.86 bits per heavy atom. The summed E-state index contributed by atoms with van der Waals surface area (Å²) in [6.45, 7) is -0.632. The van der Waals surface area contributed by atoms with Gasteiger partial charge in [-0.25, -0.2) is 4.79 Å². The quantitative estimate of drug-likeness (QED) is 0.369. The fourth-order valence-corrected chi connectivity index (χ4v) is 5.72. The van der Waals surface area contributed by atoms with Crippen LogP contribution in [0, 0.1) is 0 Å². The minimum atomic E-state index is -0.835. The van der Waals surface area contributed by atoms with Crippen LogP contribution in [0.25, 0.3) is 0 Å². The van der Waals surface area contributed by atoms with E-state index in [1.165, 1.54) is 35.8 Å². The first-order chi connectivity index (χ1) is 17.3. The van der Waals surface area contributed by atoms with E-state index in [1.54, 1.807) is 12.1 Å². The number of carbonyl (C=O) groups excluding carboxylic acids is 5. The molecule has 0 fully saturated rings. The van der Waals surface area contributed by atoms with Gasteiger partial charge in [-0.3, -0.25) is 24.1 Å². The highest BCUT2D eigenvalue weighted by molar-refractivity contribution is 7.17. The Balaban J connectivity index is 1.24. The molecule has 11 heteroatoms. The van der Waals surface area contributed by atoms with Gasteiger partial charge in [-0.2, -0.15) is 0 Å². The van der Waals surface area contributed by atoms with E-state index in [2.05, 4.69) is 5.32 Å². The standard InChI is InChI=1S/C25H21N3O7S/c26-21(30)20-16-5-1-2-6-18(16)36-22(20)27-19(29)12-35-25(33)13-7-8-15-17(10-13)24(32)28(23(15)31)11-14-4-3-9-34-14/h3-4,7-10H,1-2,5-6,11-12H2,(H2,26,30)(H,27,29). The average molecular weight is 508 g/mol. The van der Waals surface area contributed by atoms with Gasteiger partial charge in [0.1, 0.15) is 10.8 Å². The Labute approximate surface area is 209 Å². The number of esters is 1. The lowest BCUT2D eigenvalue weighted by atomic mass is 9.95. The molecule has 3 heterocycles. The zero-order chi connectivity index (χ0) is 25.4. The monoisotopic (exact) mass is 507 g/mol. The molecule has 0 unspecified atom stereocenters. The van der Waals surface area contributed by atoms with Crippen molar-refractivity contribution >= 4 is 45.9 Å². The molecule has 0 atom stereocenters. The maximum Gasteiger partial charge on any atom is 0.338 e. The summed E-state index contributed by atoms with van der Waals surface area (Å²) in [7, 11) is 0. The zero-order valence-electron chi connectivity index (χ0n) is 19.0. The van der Waals surface area contributed by atoms with Crippen molar-refractivity contribution < 1.29 is 33.1 Å². The number of aryl methyl sites for hydroxylation is 1. The highest BCUT2D eigenvalue weighted by atomic mass is 32.1. The van der Waals surface area contributed by atoms with Crippen LogP contribution in [0.2, 0.25) is 0 Å². The molecule has 0 saturated carbocycles. The number of thiophene rings is 1. The number of ether oxygens (including phenoxy) is 1. The van der Waals surface area contributed by atoms with Crippen LogP contribution in [0.4, 0.5) is 5.00 Å². The van der Waals surface area contributed by atoms with Crippen LogP contribution in [0.1, 0.15) is 70.5 Å². The number of primary amides is 1. The van der Waals surface area contributed by atoms with Crippen LogP contribution >= 0.6 is 11.3 Å². The van der Waals surface area contributed by atoms with Crippen LogP contribution in [0.3, 0.4) is 0 Å². The predicted molar refractivity (Wildman–Crippen MR) is 128 cm³/mol. The molecule has 0 spiro atoms. The molecule has 5 rings (SSSR count). The Kier molecular flexibility index (Phi) is 6.15. The third-order valence-corrected chi connectivity index (χ3v) is 7.31. The number of anilines is 1. The van der Waals surface area contributed by atoms with Gasteiger partial charge >= 0.3 is 5.97 Å². The lowest BCUT2D eigenvalue weighted by Gasteiger charge is -2.11. The largest absolute Gasteiger partial charge is 0.467 e. The summed E-state index contributed by atoms with van der Waals surface area (Å²) >= 11 is 1.31. The number of benzene rings is 1. The summed E-state index contributed by atoms with van der Waals surface area (Å²) in [6, 6.07) is 7.31. The van der Waals surface area contributed by atoms with Gasteiger partial charge in [0, 0.05) is 4.88 Å². The number of fused-ring (bicyclic) bond motifs is 2. The molecule has 0 bridgehead atoms. The van der Waals surface area contributed by atoms with Crippen LogP contribution in [-0.4, -0.2) is 41.1 Å². The highest BCUT2D eigenvalue weighted by Gasteiger charge is 2.36. The molecule has 4 amide bonds. The van der Waals surface area contributed by atoms with Gasteiger partial charge in [0.25, 0.3) is 23.6 Å². The number of nitrogens with one attached hydrogen (secondary N) is 1. The number of hydrogen-bond acceptors (Lipinski definition) is 8. The maximum atomic E-state index is 12.8. The van der Waals surface area contributed by atoms with Gasteiger partial charge < -0.3 is 20.2 Å². The number of nitrogens with two attached hydrogens (primary N) is 1. The molecule has 184 valence electrons. The van der Waals surface area contributed by atoms with Gasteiger partial charge in [-0.1, -0.05) is 0 Å². The Morgan fingerprint density at radius 3 is 2.61 bits per heavy atom. The number of hydrogen-bond donors (Lipinski definition) is 2. The van der Waals surface area contributed by atoms with E-state index in [9.17, 15) is 24.0 Å². The lowest BCUT2D eigenvalue weighted by molar-refractivity contribution is -0.119. The van der Waals surface area contributed by atoms with Gasteiger partial charge in [0.2, 0.25) is 0 Å². The lowest BCUT2D eigenvalue weighted by Crippen LogP contribution is -2.28. The van der Waals surface area contributed by atoms with Crippen LogP contribution < -0.4 is 11.1 Å². The zero-order valence-corrected chi connectivity index (χ0v) is 19.8. The van der Waals surface area contributed by atoms with Crippen LogP contribution in [0.5, 0.6) is 0 Å². The van der Waals surface area contributed by atoms with Crippen LogP contribution in [0.15, 0.2) is 41.0 Å². The van der Waals surface area contributed by atoms with Crippen molar-refractivity contribution in [2.75, 3.05) is 11.9 Å². The Morgan fingerprint density at radius 1 is 1.08 bits per heavy atom. The van der Waals surface area contributed by atoms with E-state index in [-0.39, 0.29) is 23.2 Å². The van der Waals surface area contributed by atoms with E-state index in [0.29, 0.717) is 16.3 Å². The third kappa shape index (κ3) is 4.29. The number of amides is 4.